The fourth-order valence-electron chi connectivity index (χ4n) is 3.91. The summed E-state index contributed by atoms with van der Waals surface area (Å²) in [5, 5.41) is 3.32. The number of amides is 1. The van der Waals surface area contributed by atoms with Crippen LogP contribution in [0, 0.1) is 0 Å². The molecule has 0 radical (unpaired) electrons. The van der Waals surface area contributed by atoms with E-state index in [9.17, 15) is 4.79 Å². The van der Waals surface area contributed by atoms with Crippen molar-refractivity contribution < 1.29 is 19.0 Å². The van der Waals surface area contributed by atoms with Crippen LogP contribution in [0.2, 0.25) is 0 Å². The largest absolute Gasteiger partial charge is 0.497 e. The van der Waals surface area contributed by atoms with Crippen molar-refractivity contribution >= 4 is 28.6 Å². The van der Waals surface area contributed by atoms with Gasteiger partial charge in [0.2, 0.25) is 5.95 Å². The van der Waals surface area contributed by atoms with Crippen LogP contribution in [0.3, 0.4) is 0 Å². The lowest BCUT2D eigenvalue weighted by atomic mass is 10.2. The summed E-state index contributed by atoms with van der Waals surface area (Å²) in [6.45, 7) is 2.05. The number of carbonyl (C=O) groups excluding carboxylic acids is 1. The van der Waals surface area contributed by atoms with E-state index in [0.29, 0.717) is 47.7 Å². The number of methoxy groups -OCH3 is 2. The van der Waals surface area contributed by atoms with Crippen molar-refractivity contribution in [1.29, 1.82) is 0 Å². The summed E-state index contributed by atoms with van der Waals surface area (Å²) in [7, 11) is 9.14. The van der Waals surface area contributed by atoms with Crippen molar-refractivity contribution in [1.82, 2.24) is 19.4 Å². The average molecular weight is 493 g/mol. The van der Waals surface area contributed by atoms with Crippen molar-refractivity contribution in [2.75, 3.05) is 53.3 Å². The molecule has 3 N–H and O–H groups in total. The number of nitrogens with one attached hydrogen (secondary N) is 1. The number of likely N-dealkylation sites (N-methyl/N-ethyl adjacent to an activating group) is 1. The van der Waals surface area contributed by atoms with Crippen molar-refractivity contribution in [3.05, 3.63) is 60.0 Å². The van der Waals surface area contributed by atoms with Gasteiger partial charge in [0, 0.05) is 62.7 Å². The first-order valence-electron chi connectivity index (χ1n) is 11.5. The van der Waals surface area contributed by atoms with E-state index in [1.165, 1.54) is 0 Å². The molecule has 4 rings (SSSR count). The van der Waals surface area contributed by atoms with Crippen LogP contribution < -0.4 is 25.3 Å². The smallest absolute Gasteiger partial charge is 0.265 e. The van der Waals surface area contributed by atoms with Gasteiger partial charge in [-0.3, -0.25) is 4.79 Å². The molecule has 1 amide bonds. The molecule has 0 unspecified atom stereocenters. The summed E-state index contributed by atoms with van der Waals surface area (Å²) >= 11 is 0. The predicted molar refractivity (Wildman–Crippen MR) is 140 cm³/mol. The summed E-state index contributed by atoms with van der Waals surface area (Å²) in [5.41, 5.74) is 8.55. The highest BCUT2D eigenvalue weighted by Gasteiger charge is 2.20. The van der Waals surface area contributed by atoms with Gasteiger partial charge in [-0.15, -0.1) is 0 Å². The van der Waals surface area contributed by atoms with Crippen LogP contribution in [0.4, 0.5) is 11.6 Å². The SMILES string of the molecule is COc1cc(Nc2nc3cc(OC4=CCN(CCN(C)C)C(C(N)=O)=C4)ccc3n2C)cc(OC)c1. The second-order valence-electron chi connectivity index (χ2n) is 8.72. The van der Waals surface area contributed by atoms with Crippen LogP contribution in [-0.2, 0) is 11.8 Å². The van der Waals surface area contributed by atoms with Crippen molar-refractivity contribution in [2.45, 2.75) is 0 Å². The molecule has 3 aromatic rings. The maximum absolute atomic E-state index is 12.0. The molecule has 0 bridgehead atoms. The second kappa shape index (κ2) is 10.6. The molecule has 190 valence electrons. The molecule has 1 aliphatic rings. The Balaban J connectivity index is 1.54. The van der Waals surface area contributed by atoms with Crippen molar-refractivity contribution in [2.24, 2.45) is 12.8 Å². The van der Waals surface area contributed by atoms with Crippen LogP contribution >= 0.6 is 0 Å². The monoisotopic (exact) mass is 492 g/mol. The van der Waals surface area contributed by atoms with Crippen molar-refractivity contribution in [3.8, 4) is 17.2 Å². The maximum atomic E-state index is 12.0. The molecule has 0 saturated carbocycles. The molecule has 2 heterocycles. The number of rotatable bonds is 10. The number of allylic oxidation sites excluding steroid dienone is 1. The van der Waals surface area contributed by atoms with Crippen LogP contribution in [0.25, 0.3) is 11.0 Å². The van der Waals surface area contributed by atoms with Gasteiger partial charge in [-0.05, 0) is 32.3 Å². The molecule has 1 aliphatic heterocycles. The minimum atomic E-state index is -0.479. The number of aromatic nitrogens is 2. The van der Waals surface area contributed by atoms with Crippen LogP contribution in [0.1, 0.15) is 0 Å². The summed E-state index contributed by atoms with van der Waals surface area (Å²) in [5.74, 6) is 2.71. The zero-order valence-corrected chi connectivity index (χ0v) is 21.2. The highest BCUT2D eigenvalue weighted by atomic mass is 16.5. The van der Waals surface area contributed by atoms with Crippen LogP contribution in [0.5, 0.6) is 17.2 Å². The molecule has 0 atom stereocenters. The number of primary amides is 1. The second-order valence-corrected chi connectivity index (χ2v) is 8.72. The molecular weight excluding hydrogens is 460 g/mol. The topological polar surface area (TPSA) is 107 Å². The average Bonchev–Trinajstić information content (AvgIpc) is 3.16. The Morgan fingerprint density at radius 1 is 1.11 bits per heavy atom. The Labute approximate surface area is 210 Å². The third-order valence-electron chi connectivity index (χ3n) is 5.90. The molecule has 0 saturated heterocycles. The fourth-order valence-corrected chi connectivity index (χ4v) is 3.91. The minimum Gasteiger partial charge on any atom is -0.497 e. The Morgan fingerprint density at radius 2 is 1.83 bits per heavy atom. The zero-order chi connectivity index (χ0) is 25.8. The molecule has 0 fully saturated rings. The number of nitrogens with two attached hydrogens (primary N) is 1. The van der Waals surface area contributed by atoms with Gasteiger partial charge < -0.3 is 39.6 Å². The first kappa shape index (κ1) is 24.9. The summed E-state index contributed by atoms with van der Waals surface area (Å²) in [4.78, 5) is 20.8. The van der Waals surface area contributed by atoms with Gasteiger partial charge in [0.25, 0.3) is 5.91 Å². The Kier molecular flexibility index (Phi) is 7.35. The van der Waals surface area contributed by atoms with Gasteiger partial charge >= 0.3 is 0 Å². The standard InChI is InChI=1S/C26H32N6O4/c1-30(2)10-11-32-9-8-19(16-24(32)25(27)33)36-18-6-7-23-22(15-18)29-26(31(23)3)28-17-12-20(34-4)14-21(13-17)35-5/h6-8,12-16H,9-11H2,1-5H3,(H2,27,33)(H,28,29). The number of benzene rings is 2. The van der Waals surface area contributed by atoms with Gasteiger partial charge in [0.1, 0.15) is 28.7 Å². The number of aryl methyl sites for hydroxylation is 1. The lowest BCUT2D eigenvalue weighted by Crippen LogP contribution is -2.38. The number of hydrogen-bond acceptors (Lipinski definition) is 8. The zero-order valence-electron chi connectivity index (χ0n) is 21.2. The van der Waals surface area contributed by atoms with E-state index in [1.54, 1.807) is 20.3 Å². The molecule has 0 aliphatic carbocycles. The summed E-state index contributed by atoms with van der Waals surface area (Å²) in [6.07, 6.45) is 3.63. The number of fused-ring (bicyclic) bond motifs is 1. The first-order chi connectivity index (χ1) is 17.3. The van der Waals surface area contributed by atoms with Gasteiger partial charge in [-0.2, -0.15) is 0 Å². The highest BCUT2D eigenvalue weighted by Crippen LogP contribution is 2.30. The molecule has 10 nitrogen and oxygen atoms in total. The minimum absolute atomic E-state index is 0.438. The lowest BCUT2D eigenvalue weighted by Gasteiger charge is -2.29. The number of ether oxygens (including phenoxy) is 3. The number of hydrogen-bond donors (Lipinski definition) is 2. The Bertz CT molecular complexity index is 1310. The van der Waals surface area contributed by atoms with E-state index >= 15 is 0 Å². The lowest BCUT2D eigenvalue weighted by molar-refractivity contribution is -0.116. The summed E-state index contributed by atoms with van der Waals surface area (Å²) in [6, 6.07) is 11.2. The quantitative estimate of drug-likeness (QED) is 0.445. The van der Waals surface area contributed by atoms with Gasteiger partial charge in [-0.1, -0.05) is 0 Å². The predicted octanol–water partition coefficient (Wildman–Crippen LogP) is 2.84. The molecular formula is C26H32N6O4. The first-order valence-corrected chi connectivity index (χ1v) is 11.5. The third-order valence-corrected chi connectivity index (χ3v) is 5.90. The number of imidazole rings is 1. The van der Waals surface area contributed by atoms with E-state index in [0.717, 1.165) is 23.3 Å². The Hall–Kier alpha value is -4.18. The maximum Gasteiger partial charge on any atom is 0.265 e. The fraction of sp³-hybridized carbons (Fsp3) is 0.308. The van der Waals surface area contributed by atoms with E-state index in [4.69, 9.17) is 24.9 Å². The van der Waals surface area contributed by atoms with Crippen molar-refractivity contribution in [3.63, 3.8) is 0 Å². The third kappa shape index (κ3) is 5.55. The van der Waals surface area contributed by atoms with Crippen LogP contribution in [0.15, 0.2) is 60.0 Å². The molecule has 0 spiro atoms. The van der Waals surface area contributed by atoms with Gasteiger partial charge in [0.05, 0.1) is 25.3 Å². The van der Waals surface area contributed by atoms with E-state index in [-0.39, 0.29) is 0 Å². The summed E-state index contributed by atoms with van der Waals surface area (Å²) < 4.78 is 18.8. The molecule has 1 aromatic heterocycles. The van der Waals surface area contributed by atoms with E-state index in [2.05, 4.69) is 10.2 Å². The highest BCUT2D eigenvalue weighted by molar-refractivity contribution is 5.92. The van der Waals surface area contributed by atoms with Gasteiger partial charge in [-0.25, -0.2) is 4.98 Å². The van der Waals surface area contributed by atoms with E-state index < -0.39 is 5.91 Å². The number of anilines is 2. The number of carbonyl (C=O) groups is 1. The molecule has 36 heavy (non-hydrogen) atoms. The van der Waals surface area contributed by atoms with Crippen LogP contribution in [-0.4, -0.2) is 73.2 Å². The Morgan fingerprint density at radius 3 is 2.47 bits per heavy atom. The molecule has 2 aromatic carbocycles. The number of nitrogens with zero attached hydrogens (tertiary/aromatic N) is 4. The van der Waals surface area contributed by atoms with E-state index in [1.807, 2.05) is 73.1 Å². The normalized spacial score (nSPS) is 13.4. The van der Waals surface area contributed by atoms with Gasteiger partial charge in [0.15, 0.2) is 0 Å². The molecule has 10 heteroatoms.